The van der Waals surface area contributed by atoms with Crippen molar-refractivity contribution in [3.8, 4) is 0 Å². The molecule has 0 unspecified atom stereocenters. The first-order valence-electron chi connectivity index (χ1n) is 8.99. The fourth-order valence-electron chi connectivity index (χ4n) is 3.18. The van der Waals surface area contributed by atoms with E-state index in [9.17, 15) is 0 Å². The molecule has 0 radical (unpaired) electrons. The molecule has 8 nitrogen and oxygen atoms in total. The molecule has 0 fully saturated rings. The minimum absolute atomic E-state index is 0.609. The molecule has 0 aliphatic carbocycles. The van der Waals surface area contributed by atoms with Crippen LogP contribution in [0.15, 0.2) is 12.1 Å². The standard InChI is InChI=1S/C20H18N8/c1-9-5-13-21-17(9)25-14-6-10(2)19(22-14)27-16-8-12(4)20(24-16)28-15-7-11(3)18(23-15)26-13/h5-8H,1-4H3,(H2,21,22,23,24,25,26,27,28). The summed E-state index contributed by atoms with van der Waals surface area (Å²) in [4.78, 5) is 34.1. The van der Waals surface area contributed by atoms with Crippen molar-refractivity contribution < 1.29 is 0 Å². The number of hydrogen-bond acceptors (Lipinski definition) is 6. The molecule has 5 rings (SSSR count). The topological polar surface area (TPSA) is 109 Å². The van der Waals surface area contributed by atoms with Gasteiger partial charge in [0.25, 0.3) is 0 Å². The molecule has 0 amide bonds. The van der Waals surface area contributed by atoms with Crippen molar-refractivity contribution in [1.82, 2.24) is 39.9 Å². The molecule has 8 bridgehead atoms. The maximum absolute atomic E-state index is 4.63. The van der Waals surface area contributed by atoms with Crippen LogP contribution in [0.1, 0.15) is 48.3 Å². The third-order valence-corrected chi connectivity index (χ3v) is 4.69. The number of nitrogens with one attached hydrogen (secondary N) is 2. The van der Waals surface area contributed by atoms with E-state index in [2.05, 4.69) is 39.9 Å². The van der Waals surface area contributed by atoms with Crippen molar-refractivity contribution in [3.05, 3.63) is 46.6 Å². The van der Waals surface area contributed by atoms with Gasteiger partial charge < -0.3 is 9.97 Å². The van der Waals surface area contributed by atoms with Crippen LogP contribution in [0.3, 0.4) is 0 Å². The van der Waals surface area contributed by atoms with E-state index in [1.54, 1.807) is 0 Å². The van der Waals surface area contributed by atoms with Gasteiger partial charge in [0.15, 0.2) is 23.3 Å². The molecular weight excluding hydrogens is 352 g/mol. The Morgan fingerprint density at radius 3 is 1.43 bits per heavy atom. The average molecular weight is 370 g/mol. The lowest BCUT2D eigenvalue weighted by Gasteiger charge is -1.88. The number of allylic oxidation sites excluding steroid dienone is 2. The second kappa shape index (κ2) is 5.91. The van der Waals surface area contributed by atoms with E-state index < -0.39 is 0 Å². The Morgan fingerprint density at radius 1 is 0.571 bits per heavy atom. The monoisotopic (exact) mass is 370 g/mol. The lowest BCUT2D eigenvalue weighted by molar-refractivity contribution is 1.10. The van der Waals surface area contributed by atoms with Crippen LogP contribution in [0.25, 0.3) is 45.9 Å². The Balaban J connectivity index is 1.91. The van der Waals surface area contributed by atoms with Crippen molar-refractivity contribution in [1.29, 1.82) is 0 Å². The fourth-order valence-corrected chi connectivity index (χ4v) is 3.18. The summed E-state index contributed by atoms with van der Waals surface area (Å²) in [5, 5.41) is 0. The van der Waals surface area contributed by atoms with Crippen molar-refractivity contribution >= 4 is 45.9 Å². The molecule has 3 aromatic heterocycles. The fraction of sp³-hybridized carbons (Fsp3) is 0.200. The molecule has 138 valence electrons. The number of aromatic amines is 2. The van der Waals surface area contributed by atoms with Gasteiger partial charge in [-0.15, -0.1) is 0 Å². The lowest BCUT2D eigenvalue weighted by Crippen LogP contribution is -1.87. The van der Waals surface area contributed by atoms with Gasteiger partial charge in [-0.1, -0.05) is 0 Å². The summed E-state index contributed by atoms with van der Waals surface area (Å²) in [5.41, 5.74) is 6.73. The van der Waals surface area contributed by atoms with E-state index in [1.165, 1.54) is 0 Å². The van der Waals surface area contributed by atoms with Gasteiger partial charge in [0.2, 0.25) is 0 Å². The van der Waals surface area contributed by atoms with Gasteiger partial charge in [0, 0.05) is 0 Å². The summed E-state index contributed by atoms with van der Waals surface area (Å²) >= 11 is 0. The molecule has 0 atom stereocenters. The van der Waals surface area contributed by atoms with Crippen LogP contribution in [0.5, 0.6) is 0 Å². The minimum atomic E-state index is 0.609. The summed E-state index contributed by atoms with van der Waals surface area (Å²) < 4.78 is 0. The van der Waals surface area contributed by atoms with E-state index in [1.807, 2.05) is 52.0 Å². The van der Waals surface area contributed by atoms with Crippen molar-refractivity contribution in [3.63, 3.8) is 0 Å². The van der Waals surface area contributed by atoms with E-state index >= 15 is 0 Å². The Hall–Kier alpha value is -3.68. The predicted octanol–water partition coefficient (Wildman–Crippen LogP) is 3.63. The summed E-state index contributed by atoms with van der Waals surface area (Å²) in [5.74, 6) is 2.49. The second-order valence-corrected chi connectivity index (χ2v) is 7.06. The maximum Gasteiger partial charge on any atom is 0.159 e. The van der Waals surface area contributed by atoms with E-state index in [-0.39, 0.29) is 0 Å². The molecule has 0 aromatic carbocycles. The van der Waals surface area contributed by atoms with Crippen LogP contribution in [-0.2, 0) is 0 Å². The third-order valence-electron chi connectivity index (χ3n) is 4.69. The number of rotatable bonds is 0. The molecule has 2 aliphatic heterocycles. The molecular formula is C20H18N8. The SMILES string of the molecule is CC1=Cc2nc1nc1cc(C)c(nc3nc(nc4cc(C)c(n2)[nH]4)C(C)=C3)[nH]1. The highest BCUT2D eigenvalue weighted by Crippen LogP contribution is 2.20. The highest BCUT2D eigenvalue weighted by molar-refractivity contribution is 5.80. The summed E-state index contributed by atoms with van der Waals surface area (Å²) in [6, 6.07) is 3.90. The van der Waals surface area contributed by atoms with Crippen LogP contribution in [0.2, 0.25) is 0 Å². The minimum Gasteiger partial charge on any atom is -0.325 e. The molecule has 0 saturated heterocycles. The summed E-state index contributed by atoms with van der Waals surface area (Å²) in [6.07, 6.45) is 3.84. The number of hydrogen-bond donors (Lipinski definition) is 2. The zero-order valence-electron chi connectivity index (χ0n) is 16.0. The van der Waals surface area contributed by atoms with Gasteiger partial charge in [0.05, 0.1) is 0 Å². The second-order valence-electron chi connectivity index (χ2n) is 7.06. The first-order chi connectivity index (χ1) is 13.4. The Kier molecular flexibility index (Phi) is 3.48. The summed E-state index contributed by atoms with van der Waals surface area (Å²) in [6.45, 7) is 7.91. The van der Waals surface area contributed by atoms with Gasteiger partial charge >= 0.3 is 0 Å². The highest BCUT2D eigenvalue weighted by atomic mass is 15.0. The summed E-state index contributed by atoms with van der Waals surface area (Å²) in [7, 11) is 0. The van der Waals surface area contributed by atoms with Crippen LogP contribution in [0, 0.1) is 13.8 Å². The zero-order chi connectivity index (χ0) is 19.4. The molecule has 8 heteroatoms. The van der Waals surface area contributed by atoms with Crippen LogP contribution < -0.4 is 0 Å². The molecule has 3 aromatic rings. The van der Waals surface area contributed by atoms with E-state index in [0.29, 0.717) is 34.6 Å². The van der Waals surface area contributed by atoms with Crippen LogP contribution in [0.4, 0.5) is 0 Å². The van der Waals surface area contributed by atoms with Crippen LogP contribution in [-0.4, -0.2) is 39.9 Å². The quantitative estimate of drug-likeness (QED) is 0.625. The van der Waals surface area contributed by atoms with Gasteiger partial charge in [-0.3, -0.25) is 0 Å². The van der Waals surface area contributed by atoms with Crippen molar-refractivity contribution in [2.24, 2.45) is 0 Å². The zero-order valence-corrected chi connectivity index (χ0v) is 16.0. The van der Waals surface area contributed by atoms with Crippen molar-refractivity contribution in [2.45, 2.75) is 27.7 Å². The van der Waals surface area contributed by atoms with Crippen LogP contribution >= 0.6 is 0 Å². The Bertz CT molecular complexity index is 1250. The van der Waals surface area contributed by atoms with E-state index in [4.69, 9.17) is 0 Å². The Labute approximate surface area is 160 Å². The Morgan fingerprint density at radius 2 is 1.00 bits per heavy atom. The maximum atomic E-state index is 4.63. The largest absolute Gasteiger partial charge is 0.325 e. The molecule has 28 heavy (non-hydrogen) atoms. The normalized spacial score (nSPS) is 13.4. The first-order valence-corrected chi connectivity index (χ1v) is 8.99. The van der Waals surface area contributed by atoms with Gasteiger partial charge in [-0.2, -0.15) is 0 Å². The van der Waals surface area contributed by atoms with Gasteiger partial charge in [0.1, 0.15) is 22.6 Å². The number of aromatic nitrogens is 8. The smallest absolute Gasteiger partial charge is 0.159 e. The molecule has 2 aliphatic rings. The molecule has 0 saturated carbocycles. The van der Waals surface area contributed by atoms with Gasteiger partial charge in [-0.05, 0) is 74.3 Å². The molecule has 0 spiro atoms. The van der Waals surface area contributed by atoms with Crippen molar-refractivity contribution in [2.75, 3.05) is 0 Å². The third kappa shape index (κ3) is 2.79. The first kappa shape index (κ1) is 16.5. The highest BCUT2D eigenvalue weighted by Gasteiger charge is 2.11. The average Bonchev–Trinajstić information content (AvgIpc) is 3.33. The number of fused-ring (bicyclic) bond motifs is 8. The molecule has 5 heterocycles. The van der Waals surface area contributed by atoms with E-state index in [0.717, 1.165) is 33.6 Å². The van der Waals surface area contributed by atoms with Gasteiger partial charge in [-0.25, -0.2) is 29.9 Å². The number of aryl methyl sites for hydroxylation is 2. The number of H-pyrrole nitrogens is 2. The number of nitrogens with zero attached hydrogens (tertiary/aromatic N) is 6. The predicted molar refractivity (Wildman–Crippen MR) is 109 cm³/mol. The molecule has 2 N–H and O–H groups in total. The lowest BCUT2D eigenvalue weighted by atomic mass is 10.3.